The number of nitrogens with one attached hydrogen (secondary N) is 2. The van der Waals surface area contributed by atoms with Gasteiger partial charge < -0.3 is 15.2 Å². The number of methoxy groups -OCH3 is 1. The van der Waals surface area contributed by atoms with Crippen LogP contribution in [-0.4, -0.2) is 36.7 Å². The Balaban J connectivity index is 2.66. The number of carbonyl (C=O) groups excluding carboxylic acids is 1. The Morgan fingerprint density at radius 2 is 2.05 bits per heavy atom. The molecule has 1 rings (SSSR count). The number of anilines is 1. The number of hydrogen-bond acceptors (Lipinski definition) is 4. The maximum Gasteiger partial charge on any atom is 0.320 e. The molecule has 1 aromatic rings. The van der Waals surface area contributed by atoms with E-state index in [9.17, 15) is 14.7 Å². The molecular formula is C16H24N2O4. The van der Waals surface area contributed by atoms with E-state index in [2.05, 4.69) is 10.6 Å². The minimum Gasteiger partial charge on any atom is -0.495 e. The van der Waals surface area contributed by atoms with Crippen LogP contribution < -0.4 is 15.4 Å². The molecule has 0 bridgehead atoms. The Morgan fingerprint density at radius 3 is 2.59 bits per heavy atom. The number of rotatable bonds is 8. The van der Waals surface area contributed by atoms with Crippen LogP contribution in [0.1, 0.15) is 25.8 Å². The van der Waals surface area contributed by atoms with Gasteiger partial charge in [0.25, 0.3) is 0 Å². The summed E-state index contributed by atoms with van der Waals surface area (Å²) >= 11 is 0. The largest absolute Gasteiger partial charge is 0.495 e. The number of hydrogen-bond donors (Lipinski definition) is 3. The lowest BCUT2D eigenvalue weighted by Gasteiger charge is -2.20. The fourth-order valence-electron chi connectivity index (χ4n) is 2.08. The number of carbonyl (C=O) groups is 2. The Bertz CT molecular complexity index is 531. The lowest BCUT2D eigenvalue weighted by Crippen LogP contribution is -2.45. The quantitative estimate of drug-likeness (QED) is 0.684. The number of aliphatic carboxylic acids is 1. The number of ether oxygens (including phenoxy) is 1. The van der Waals surface area contributed by atoms with Gasteiger partial charge in [0.1, 0.15) is 11.8 Å². The molecule has 0 aliphatic carbocycles. The second-order valence-corrected chi connectivity index (χ2v) is 5.33. The van der Waals surface area contributed by atoms with E-state index in [1.54, 1.807) is 12.1 Å². The molecule has 0 aliphatic rings. The molecule has 0 unspecified atom stereocenters. The van der Waals surface area contributed by atoms with E-state index in [0.29, 0.717) is 11.4 Å². The molecule has 22 heavy (non-hydrogen) atoms. The van der Waals surface area contributed by atoms with Crippen molar-refractivity contribution in [3.05, 3.63) is 23.8 Å². The summed E-state index contributed by atoms with van der Waals surface area (Å²) in [6.45, 7) is 5.60. The zero-order chi connectivity index (χ0) is 16.7. The molecule has 0 saturated carbocycles. The Kier molecular flexibility index (Phi) is 6.85. The van der Waals surface area contributed by atoms with Gasteiger partial charge in [-0.05, 0) is 30.5 Å². The maximum atomic E-state index is 12.0. The van der Waals surface area contributed by atoms with Gasteiger partial charge in [-0.2, -0.15) is 0 Å². The molecule has 0 spiro atoms. The minimum atomic E-state index is -0.949. The van der Waals surface area contributed by atoms with Crippen molar-refractivity contribution in [3.63, 3.8) is 0 Å². The van der Waals surface area contributed by atoms with Crippen molar-refractivity contribution < 1.29 is 19.4 Å². The highest BCUT2D eigenvalue weighted by Crippen LogP contribution is 2.24. The third-order valence-electron chi connectivity index (χ3n) is 3.59. The van der Waals surface area contributed by atoms with Crippen LogP contribution in [0.15, 0.2) is 18.2 Å². The lowest BCUT2D eigenvalue weighted by molar-refractivity contribution is -0.140. The van der Waals surface area contributed by atoms with E-state index < -0.39 is 12.0 Å². The molecule has 0 aliphatic heterocycles. The van der Waals surface area contributed by atoms with Crippen molar-refractivity contribution in [2.75, 3.05) is 19.0 Å². The van der Waals surface area contributed by atoms with Gasteiger partial charge in [-0.15, -0.1) is 0 Å². The second kappa shape index (κ2) is 8.38. The number of carboxylic acid groups (broad SMARTS) is 1. The van der Waals surface area contributed by atoms with Crippen molar-refractivity contribution in [2.24, 2.45) is 5.92 Å². The molecular weight excluding hydrogens is 284 g/mol. The van der Waals surface area contributed by atoms with Crippen LogP contribution >= 0.6 is 0 Å². The summed E-state index contributed by atoms with van der Waals surface area (Å²) in [6, 6.07) is 4.73. The molecule has 3 N–H and O–H groups in total. The number of aryl methyl sites for hydroxylation is 1. The van der Waals surface area contributed by atoms with Gasteiger partial charge >= 0.3 is 5.97 Å². The second-order valence-electron chi connectivity index (χ2n) is 5.33. The first-order valence-corrected chi connectivity index (χ1v) is 7.29. The highest BCUT2D eigenvalue weighted by atomic mass is 16.5. The predicted octanol–water partition coefficient (Wildman–Crippen LogP) is 2.03. The fraction of sp³-hybridized carbons (Fsp3) is 0.500. The molecule has 6 heteroatoms. The topological polar surface area (TPSA) is 87.7 Å². The minimum absolute atomic E-state index is 0.0567. The molecule has 0 aromatic heterocycles. The summed E-state index contributed by atoms with van der Waals surface area (Å²) in [7, 11) is 1.53. The molecule has 1 aromatic carbocycles. The summed E-state index contributed by atoms with van der Waals surface area (Å²) in [5.41, 5.74) is 1.57. The zero-order valence-electron chi connectivity index (χ0n) is 13.5. The van der Waals surface area contributed by atoms with Crippen LogP contribution in [0.3, 0.4) is 0 Å². The predicted molar refractivity (Wildman–Crippen MR) is 85.2 cm³/mol. The number of amides is 1. The van der Waals surface area contributed by atoms with E-state index in [0.717, 1.165) is 12.0 Å². The van der Waals surface area contributed by atoms with Crippen molar-refractivity contribution >= 4 is 17.6 Å². The molecule has 0 heterocycles. The average molecular weight is 308 g/mol. The van der Waals surface area contributed by atoms with Crippen molar-refractivity contribution in [1.29, 1.82) is 0 Å². The average Bonchev–Trinajstić information content (AvgIpc) is 2.47. The first kappa shape index (κ1) is 18.0. The van der Waals surface area contributed by atoms with Gasteiger partial charge in [-0.1, -0.05) is 26.3 Å². The normalized spacial score (nSPS) is 13.3. The van der Waals surface area contributed by atoms with Crippen LogP contribution in [0.4, 0.5) is 5.69 Å². The monoisotopic (exact) mass is 308 g/mol. The SMILES string of the molecule is CC[C@H](C)[C@H](NCC(=O)Nc1cc(C)ccc1OC)C(=O)O. The number of carboxylic acids is 1. The molecule has 2 atom stereocenters. The van der Waals surface area contributed by atoms with Crippen molar-refractivity contribution in [2.45, 2.75) is 33.2 Å². The van der Waals surface area contributed by atoms with Gasteiger partial charge in [0.05, 0.1) is 19.3 Å². The molecule has 1 amide bonds. The highest BCUT2D eigenvalue weighted by molar-refractivity contribution is 5.94. The lowest BCUT2D eigenvalue weighted by atomic mass is 9.99. The van der Waals surface area contributed by atoms with Gasteiger partial charge in [-0.3, -0.25) is 14.9 Å². The maximum absolute atomic E-state index is 12.0. The summed E-state index contributed by atoms with van der Waals surface area (Å²) in [4.78, 5) is 23.2. The Labute approximate surface area is 130 Å². The fourth-order valence-corrected chi connectivity index (χ4v) is 2.08. The highest BCUT2D eigenvalue weighted by Gasteiger charge is 2.23. The van der Waals surface area contributed by atoms with Gasteiger partial charge in [0.15, 0.2) is 0 Å². The third-order valence-corrected chi connectivity index (χ3v) is 3.59. The van der Waals surface area contributed by atoms with Gasteiger partial charge in [0.2, 0.25) is 5.91 Å². The van der Waals surface area contributed by atoms with E-state index in [1.165, 1.54) is 7.11 Å². The smallest absolute Gasteiger partial charge is 0.320 e. The van der Waals surface area contributed by atoms with Gasteiger partial charge in [0, 0.05) is 0 Å². The molecule has 0 radical (unpaired) electrons. The molecule has 0 saturated heterocycles. The summed E-state index contributed by atoms with van der Waals surface area (Å²) in [5.74, 6) is -0.747. The van der Waals surface area contributed by atoms with Crippen molar-refractivity contribution in [1.82, 2.24) is 5.32 Å². The Hall–Kier alpha value is -2.08. The summed E-state index contributed by atoms with van der Waals surface area (Å²) in [6.07, 6.45) is 0.720. The number of benzene rings is 1. The standard InChI is InChI=1S/C16H24N2O4/c1-5-11(3)15(16(20)21)17-9-14(19)18-12-8-10(2)6-7-13(12)22-4/h6-8,11,15,17H,5,9H2,1-4H3,(H,18,19)(H,20,21)/t11-,15-/m0/s1. The third kappa shape index (κ3) is 5.04. The van der Waals surface area contributed by atoms with E-state index in [-0.39, 0.29) is 18.4 Å². The summed E-state index contributed by atoms with van der Waals surface area (Å²) < 4.78 is 5.19. The van der Waals surface area contributed by atoms with Crippen LogP contribution in [0.5, 0.6) is 5.75 Å². The molecule has 122 valence electrons. The zero-order valence-corrected chi connectivity index (χ0v) is 13.5. The van der Waals surface area contributed by atoms with E-state index in [1.807, 2.05) is 26.8 Å². The molecule has 0 fully saturated rings. The van der Waals surface area contributed by atoms with Crippen LogP contribution in [0.2, 0.25) is 0 Å². The Morgan fingerprint density at radius 1 is 1.36 bits per heavy atom. The van der Waals surface area contributed by atoms with Crippen LogP contribution in [0, 0.1) is 12.8 Å². The van der Waals surface area contributed by atoms with Crippen LogP contribution in [-0.2, 0) is 9.59 Å². The first-order valence-electron chi connectivity index (χ1n) is 7.29. The van der Waals surface area contributed by atoms with E-state index >= 15 is 0 Å². The van der Waals surface area contributed by atoms with Crippen molar-refractivity contribution in [3.8, 4) is 5.75 Å². The van der Waals surface area contributed by atoms with Gasteiger partial charge in [-0.25, -0.2) is 0 Å². The first-order chi connectivity index (χ1) is 10.4. The van der Waals surface area contributed by atoms with E-state index in [4.69, 9.17) is 4.74 Å². The summed E-state index contributed by atoms with van der Waals surface area (Å²) in [5, 5.41) is 14.7. The van der Waals surface area contributed by atoms with Crippen LogP contribution in [0.25, 0.3) is 0 Å². The molecule has 6 nitrogen and oxygen atoms in total.